The van der Waals surface area contributed by atoms with E-state index in [4.69, 9.17) is 11.6 Å². The lowest BCUT2D eigenvalue weighted by molar-refractivity contribution is -0.141. The second kappa shape index (κ2) is 11.2. The molecule has 1 amide bonds. The average Bonchev–Trinajstić information content (AvgIpc) is 3.19. The van der Waals surface area contributed by atoms with Crippen molar-refractivity contribution in [2.45, 2.75) is 39.2 Å². The van der Waals surface area contributed by atoms with Gasteiger partial charge in [-0.3, -0.25) is 23.7 Å². The van der Waals surface area contributed by atoms with E-state index in [-0.39, 0.29) is 19.0 Å². The molecule has 3 aromatic heterocycles. The number of thiophene rings is 1. The van der Waals surface area contributed by atoms with Crippen molar-refractivity contribution < 1.29 is 18.0 Å². The van der Waals surface area contributed by atoms with E-state index in [0.29, 0.717) is 33.1 Å². The van der Waals surface area contributed by atoms with Crippen molar-refractivity contribution in [2.24, 2.45) is 0 Å². The third kappa shape index (κ3) is 5.98. The molecule has 1 saturated heterocycles. The zero-order valence-corrected chi connectivity index (χ0v) is 23.0. The first kappa shape index (κ1) is 28.1. The molecule has 5 rings (SSSR count). The number of halogens is 4. The fourth-order valence-electron chi connectivity index (χ4n) is 4.86. The Kier molecular flexibility index (Phi) is 7.85. The summed E-state index contributed by atoms with van der Waals surface area (Å²) < 4.78 is 40.8. The van der Waals surface area contributed by atoms with E-state index in [0.717, 1.165) is 56.7 Å². The molecule has 1 aliphatic heterocycles. The van der Waals surface area contributed by atoms with Gasteiger partial charge in [0, 0.05) is 47.0 Å². The molecule has 0 radical (unpaired) electrons. The van der Waals surface area contributed by atoms with E-state index in [1.54, 1.807) is 12.3 Å². The molecule has 1 fully saturated rings. The van der Waals surface area contributed by atoms with E-state index < -0.39 is 24.0 Å². The van der Waals surface area contributed by atoms with Crippen LogP contribution in [-0.4, -0.2) is 50.7 Å². The number of rotatable bonds is 6. The van der Waals surface area contributed by atoms with Crippen molar-refractivity contribution >= 4 is 39.1 Å². The van der Waals surface area contributed by atoms with Crippen LogP contribution in [0.4, 0.5) is 13.2 Å². The zero-order chi connectivity index (χ0) is 28.6. The van der Waals surface area contributed by atoms with E-state index in [1.807, 2.05) is 30.0 Å². The fraction of sp³-hybridized carbons (Fsp3) is 0.333. The van der Waals surface area contributed by atoms with Crippen LogP contribution in [-0.2, 0) is 24.4 Å². The van der Waals surface area contributed by atoms with Gasteiger partial charge < -0.3 is 10.2 Å². The Balaban J connectivity index is 1.56. The van der Waals surface area contributed by atoms with Crippen LogP contribution < -0.4 is 16.6 Å². The normalized spacial score (nSPS) is 14.6. The molecule has 0 aliphatic carbocycles. The van der Waals surface area contributed by atoms with Crippen LogP contribution in [0.25, 0.3) is 21.3 Å². The Bertz CT molecular complexity index is 1710. The molecule has 4 aromatic rings. The molecular weight excluding hydrogens is 567 g/mol. The summed E-state index contributed by atoms with van der Waals surface area (Å²) in [5, 5.41) is 3.66. The van der Waals surface area contributed by atoms with Crippen molar-refractivity contribution in [3.05, 3.63) is 84.6 Å². The Morgan fingerprint density at radius 3 is 2.67 bits per heavy atom. The summed E-state index contributed by atoms with van der Waals surface area (Å²) >= 11 is 7.76. The van der Waals surface area contributed by atoms with Crippen molar-refractivity contribution in [1.82, 2.24) is 24.3 Å². The number of fused-ring (bicyclic) bond motifs is 1. The molecule has 0 atom stereocenters. The molecule has 40 heavy (non-hydrogen) atoms. The highest BCUT2D eigenvalue weighted by Crippen LogP contribution is 2.38. The van der Waals surface area contributed by atoms with Crippen molar-refractivity contribution in [1.29, 1.82) is 0 Å². The third-order valence-corrected chi connectivity index (χ3v) is 8.11. The predicted molar refractivity (Wildman–Crippen MR) is 148 cm³/mol. The number of nitrogens with one attached hydrogen (secondary N) is 1. The first-order valence-corrected chi connectivity index (χ1v) is 13.7. The second-order valence-electron chi connectivity index (χ2n) is 9.65. The van der Waals surface area contributed by atoms with Crippen LogP contribution in [0.15, 0.2) is 52.3 Å². The standard InChI is InChI=1S/C27H25ClF3N5O3S/c1-16-9-17(28)10-20(21(16)14-34-7-2-5-32-12-24(34)38)19-3-6-33-22-11-18(40-25(19)22)13-36-23(37)4-8-35(26(36)39)15-27(29,30)31/h3-4,6,8-11,32H,2,5,7,12-15H2,1H3. The highest BCUT2D eigenvalue weighted by atomic mass is 35.5. The minimum Gasteiger partial charge on any atom is -0.337 e. The molecule has 0 saturated carbocycles. The van der Waals surface area contributed by atoms with Gasteiger partial charge in [-0.15, -0.1) is 11.3 Å². The van der Waals surface area contributed by atoms with Gasteiger partial charge in [-0.05, 0) is 60.8 Å². The molecule has 1 aromatic carbocycles. The maximum Gasteiger partial charge on any atom is 0.406 e. The number of alkyl halides is 3. The number of hydrogen-bond acceptors (Lipinski definition) is 6. The lowest BCUT2D eigenvalue weighted by Crippen LogP contribution is -2.41. The summed E-state index contributed by atoms with van der Waals surface area (Å²) in [7, 11) is 0. The number of aromatic nitrogens is 3. The van der Waals surface area contributed by atoms with E-state index in [9.17, 15) is 27.6 Å². The number of hydrogen-bond donors (Lipinski definition) is 1. The maximum atomic E-state index is 12.9. The predicted octanol–water partition coefficient (Wildman–Crippen LogP) is 4.18. The minimum atomic E-state index is -4.61. The summed E-state index contributed by atoms with van der Waals surface area (Å²) in [5.41, 5.74) is 2.39. The molecule has 0 bridgehead atoms. The molecule has 0 unspecified atom stereocenters. The van der Waals surface area contributed by atoms with Crippen molar-refractivity contribution in [3.8, 4) is 11.1 Å². The van der Waals surface area contributed by atoms with Crippen LogP contribution in [0.1, 0.15) is 22.4 Å². The van der Waals surface area contributed by atoms with Crippen molar-refractivity contribution in [2.75, 3.05) is 19.6 Å². The molecule has 13 heteroatoms. The first-order valence-electron chi connectivity index (χ1n) is 12.5. The molecule has 4 heterocycles. The Labute approximate surface area is 235 Å². The third-order valence-electron chi connectivity index (χ3n) is 6.75. The van der Waals surface area contributed by atoms with Gasteiger partial charge in [-0.25, -0.2) is 4.79 Å². The van der Waals surface area contributed by atoms with Gasteiger partial charge in [0.05, 0.1) is 23.3 Å². The second-order valence-corrected chi connectivity index (χ2v) is 11.2. The summed E-state index contributed by atoms with van der Waals surface area (Å²) in [5.74, 6) is 0.0144. The quantitative estimate of drug-likeness (QED) is 0.363. The van der Waals surface area contributed by atoms with Gasteiger partial charge in [-0.1, -0.05) is 11.6 Å². The highest BCUT2D eigenvalue weighted by molar-refractivity contribution is 7.19. The molecule has 210 valence electrons. The van der Waals surface area contributed by atoms with Crippen LogP contribution in [0.2, 0.25) is 5.02 Å². The molecule has 1 N–H and O–H groups in total. The highest BCUT2D eigenvalue weighted by Gasteiger charge is 2.29. The molecular formula is C27H25ClF3N5O3S. The number of nitrogens with zero attached hydrogens (tertiary/aromatic N) is 4. The number of carbonyl (C=O) groups is 1. The smallest absolute Gasteiger partial charge is 0.337 e. The van der Waals surface area contributed by atoms with Gasteiger partial charge in [0.15, 0.2) is 0 Å². The van der Waals surface area contributed by atoms with Crippen molar-refractivity contribution in [3.63, 3.8) is 0 Å². The van der Waals surface area contributed by atoms with E-state index >= 15 is 0 Å². The van der Waals surface area contributed by atoms with Gasteiger partial charge in [0.2, 0.25) is 5.91 Å². The average molecular weight is 592 g/mol. The minimum absolute atomic E-state index is 0.0144. The number of carbonyl (C=O) groups excluding carboxylic acids is 1. The fourth-order valence-corrected chi connectivity index (χ4v) is 6.26. The summed E-state index contributed by atoms with van der Waals surface area (Å²) in [6, 6.07) is 8.21. The van der Waals surface area contributed by atoms with E-state index in [2.05, 4.69) is 10.3 Å². The largest absolute Gasteiger partial charge is 0.406 e. The molecule has 0 spiro atoms. The monoisotopic (exact) mass is 591 g/mol. The number of benzene rings is 1. The molecule has 1 aliphatic rings. The number of aryl methyl sites for hydroxylation is 1. The van der Waals surface area contributed by atoms with Gasteiger partial charge in [0.1, 0.15) is 6.54 Å². The van der Waals surface area contributed by atoms with Crippen LogP contribution >= 0.6 is 22.9 Å². The molecule has 8 nitrogen and oxygen atoms in total. The maximum absolute atomic E-state index is 12.9. The summed E-state index contributed by atoms with van der Waals surface area (Å²) in [6.45, 7) is 2.32. The number of pyridine rings is 1. The van der Waals surface area contributed by atoms with Crippen LogP contribution in [0.3, 0.4) is 0 Å². The Hall–Kier alpha value is -3.48. The Morgan fingerprint density at radius 1 is 1.10 bits per heavy atom. The Morgan fingerprint density at radius 2 is 1.90 bits per heavy atom. The lowest BCUT2D eigenvalue weighted by atomic mass is 9.95. The van der Waals surface area contributed by atoms with Gasteiger partial charge >= 0.3 is 11.9 Å². The summed E-state index contributed by atoms with van der Waals surface area (Å²) in [6.07, 6.45) is -1.28. The van der Waals surface area contributed by atoms with E-state index in [1.165, 1.54) is 11.3 Å². The van der Waals surface area contributed by atoms with Crippen LogP contribution in [0.5, 0.6) is 0 Å². The zero-order valence-electron chi connectivity index (χ0n) is 21.4. The first-order chi connectivity index (χ1) is 19.0. The number of amides is 1. The van der Waals surface area contributed by atoms with Crippen LogP contribution in [0, 0.1) is 6.92 Å². The summed E-state index contributed by atoms with van der Waals surface area (Å²) in [4.78, 5) is 44.7. The topological polar surface area (TPSA) is 89.2 Å². The lowest BCUT2D eigenvalue weighted by Gasteiger charge is -2.24. The van der Waals surface area contributed by atoms with Gasteiger partial charge in [0.25, 0.3) is 5.56 Å². The SMILES string of the molecule is Cc1cc(Cl)cc(-c2ccnc3cc(Cn4c(=O)ccn(CC(F)(F)F)c4=O)sc23)c1CN1CCCNCC1=O. The van der Waals surface area contributed by atoms with Gasteiger partial charge in [-0.2, -0.15) is 13.2 Å².